The highest BCUT2D eigenvalue weighted by atomic mass is 35.5. The normalized spacial score (nSPS) is 19.2. The van der Waals surface area contributed by atoms with Crippen molar-refractivity contribution in [2.24, 2.45) is 11.1 Å². The number of halogens is 1. The van der Waals surface area contributed by atoms with E-state index in [0.717, 1.165) is 28.4 Å². The van der Waals surface area contributed by atoms with E-state index in [0.29, 0.717) is 18.4 Å². The molecule has 0 bridgehead atoms. The molecule has 3 nitrogen and oxygen atoms in total. The van der Waals surface area contributed by atoms with Crippen molar-refractivity contribution in [1.29, 1.82) is 0 Å². The molecule has 1 saturated carbocycles. The molecular formula is C22H19ClN2O. The number of oxime groups is 1. The van der Waals surface area contributed by atoms with Crippen LogP contribution < -0.4 is 0 Å². The highest BCUT2D eigenvalue weighted by Crippen LogP contribution is 2.49. The molecule has 2 aromatic carbocycles. The summed E-state index contributed by atoms with van der Waals surface area (Å²) in [7, 11) is 0. The van der Waals surface area contributed by atoms with Crippen molar-refractivity contribution in [3.8, 4) is 0 Å². The number of hydrogen-bond acceptors (Lipinski definition) is 3. The summed E-state index contributed by atoms with van der Waals surface area (Å²) in [4.78, 5) is 10.1. The largest absolute Gasteiger partial charge is 0.391 e. The summed E-state index contributed by atoms with van der Waals surface area (Å²) in [6.45, 7) is 0.413. The highest BCUT2D eigenvalue weighted by molar-refractivity contribution is 6.30. The Hall–Kier alpha value is -2.65. The lowest BCUT2D eigenvalue weighted by Crippen LogP contribution is -2.08. The van der Waals surface area contributed by atoms with E-state index < -0.39 is 0 Å². The predicted molar refractivity (Wildman–Crippen MR) is 104 cm³/mol. The van der Waals surface area contributed by atoms with E-state index in [1.165, 1.54) is 5.56 Å². The quantitative estimate of drug-likeness (QED) is 0.431. The van der Waals surface area contributed by atoms with Crippen LogP contribution >= 0.6 is 11.6 Å². The lowest BCUT2D eigenvalue weighted by Gasteiger charge is -2.07. The third-order valence-corrected chi connectivity index (χ3v) is 4.86. The van der Waals surface area contributed by atoms with Crippen LogP contribution in [0.3, 0.4) is 0 Å². The minimum atomic E-state index is 0.345. The van der Waals surface area contributed by atoms with E-state index >= 15 is 0 Å². The van der Waals surface area contributed by atoms with Crippen LogP contribution in [0.4, 0.5) is 0 Å². The first-order valence-electron chi connectivity index (χ1n) is 8.72. The Labute approximate surface area is 158 Å². The maximum absolute atomic E-state index is 5.92. The molecule has 0 N–H and O–H groups in total. The summed E-state index contributed by atoms with van der Waals surface area (Å²) < 4.78 is 0. The van der Waals surface area contributed by atoms with E-state index in [-0.39, 0.29) is 0 Å². The van der Waals surface area contributed by atoms with Crippen molar-refractivity contribution >= 4 is 17.3 Å². The first kappa shape index (κ1) is 16.8. The second kappa shape index (κ2) is 7.71. The Balaban J connectivity index is 1.51. The maximum Gasteiger partial charge on any atom is 0.142 e. The van der Waals surface area contributed by atoms with Crippen molar-refractivity contribution < 1.29 is 4.84 Å². The van der Waals surface area contributed by atoms with Gasteiger partial charge >= 0.3 is 0 Å². The predicted octanol–water partition coefficient (Wildman–Crippen LogP) is 5.46. The zero-order valence-electron chi connectivity index (χ0n) is 14.3. The van der Waals surface area contributed by atoms with Gasteiger partial charge in [-0.3, -0.25) is 4.98 Å². The molecule has 1 heterocycles. The van der Waals surface area contributed by atoms with Crippen molar-refractivity contribution in [2.45, 2.75) is 18.9 Å². The van der Waals surface area contributed by atoms with E-state index in [1.54, 1.807) is 6.20 Å². The van der Waals surface area contributed by atoms with Crippen LogP contribution in [0.15, 0.2) is 84.1 Å². The van der Waals surface area contributed by atoms with Crippen LogP contribution in [-0.4, -0.2) is 10.7 Å². The molecular weight excluding hydrogens is 344 g/mol. The fourth-order valence-electron chi connectivity index (χ4n) is 3.14. The van der Waals surface area contributed by atoms with Crippen molar-refractivity contribution in [3.05, 3.63) is 101 Å². The van der Waals surface area contributed by atoms with E-state index in [4.69, 9.17) is 16.4 Å². The van der Waals surface area contributed by atoms with E-state index in [1.807, 2.05) is 48.5 Å². The van der Waals surface area contributed by atoms with Gasteiger partial charge in [-0.2, -0.15) is 0 Å². The Morgan fingerprint density at radius 2 is 1.77 bits per heavy atom. The average Bonchev–Trinajstić information content (AvgIpc) is 3.49. The Morgan fingerprint density at radius 3 is 2.50 bits per heavy atom. The molecule has 2 unspecified atom stereocenters. The third kappa shape index (κ3) is 3.94. The molecule has 1 aliphatic carbocycles. The molecule has 3 aromatic rings. The molecule has 0 spiro atoms. The van der Waals surface area contributed by atoms with Crippen LogP contribution in [0, 0.1) is 5.92 Å². The van der Waals surface area contributed by atoms with Gasteiger partial charge in [-0.15, -0.1) is 0 Å². The first-order chi connectivity index (χ1) is 12.8. The molecule has 0 aliphatic heterocycles. The van der Waals surface area contributed by atoms with Gasteiger partial charge in [-0.25, -0.2) is 0 Å². The van der Waals surface area contributed by atoms with Gasteiger partial charge in [0.15, 0.2) is 0 Å². The first-order valence-corrected chi connectivity index (χ1v) is 9.10. The van der Waals surface area contributed by atoms with Crippen LogP contribution in [-0.2, 0) is 11.4 Å². The summed E-state index contributed by atoms with van der Waals surface area (Å²) in [5.74, 6) is 0.827. The molecule has 1 fully saturated rings. The van der Waals surface area contributed by atoms with Crippen LogP contribution in [0.1, 0.15) is 29.2 Å². The Morgan fingerprint density at radius 1 is 1.00 bits per heavy atom. The van der Waals surface area contributed by atoms with E-state index in [2.05, 4.69) is 34.4 Å². The van der Waals surface area contributed by atoms with Crippen LogP contribution in [0.25, 0.3) is 0 Å². The summed E-state index contributed by atoms with van der Waals surface area (Å²) in [6.07, 6.45) is 2.87. The lowest BCUT2D eigenvalue weighted by atomic mass is 10.1. The monoisotopic (exact) mass is 362 g/mol. The number of aromatic nitrogens is 1. The maximum atomic E-state index is 5.92. The third-order valence-electron chi connectivity index (χ3n) is 4.60. The molecule has 4 heteroatoms. The van der Waals surface area contributed by atoms with Gasteiger partial charge in [0.1, 0.15) is 12.3 Å². The zero-order chi connectivity index (χ0) is 17.8. The van der Waals surface area contributed by atoms with Gasteiger partial charge in [-0.1, -0.05) is 65.3 Å². The molecule has 4 rings (SSSR count). The number of benzene rings is 2. The molecule has 130 valence electrons. The smallest absolute Gasteiger partial charge is 0.142 e. The van der Waals surface area contributed by atoms with Gasteiger partial charge in [-0.05, 0) is 47.7 Å². The number of nitrogens with zero attached hydrogens (tertiary/aromatic N) is 2. The van der Waals surface area contributed by atoms with Crippen molar-refractivity contribution in [3.63, 3.8) is 0 Å². The number of hydrogen-bond donors (Lipinski definition) is 0. The second-order valence-electron chi connectivity index (χ2n) is 6.45. The van der Waals surface area contributed by atoms with Gasteiger partial charge in [0.25, 0.3) is 0 Å². The average molecular weight is 363 g/mol. The van der Waals surface area contributed by atoms with Crippen molar-refractivity contribution in [2.75, 3.05) is 0 Å². The Bertz CT molecular complexity index is 879. The lowest BCUT2D eigenvalue weighted by molar-refractivity contribution is 0.129. The second-order valence-corrected chi connectivity index (χ2v) is 6.89. The van der Waals surface area contributed by atoms with Gasteiger partial charge in [0.2, 0.25) is 0 Å². The van der Waals surface area contributed by atoms with Gasteiger partial charge < -0.3 is 4.84 Å². The van der Waals surface area contributed by atoms with Crippen molar-refractivity contribution in [1.82, 2.24) is 4.98 Å². The van der Waals surface area contributed by atoms with Gasteiger partial charge in [0.05, 0.1) is 5.69 Å². The molecule has 1 aromatic heterocycles. The standard InChI is InChI=1S/C22H19ClN2O/c23-18-11-9-16(10-12-18)15-26-25-22(21-8-4-5-13-24-21)20-14-19(20)17-6-2-1-3-7-17/h1-13,19-20H,14-15H2/b25-22-. The topological polar surface area (TPSA) is 34.5 Å². The molecule has 1 aliphatic rings. The summed E-state index contributed by atoms with van der Waals surface area (Å²) in [5, 5.41) is 5.19. The molecule has 0 amide bonds. The number of rotatable bonds is 6. The summed E-state index contributed by atoms with van der Waals surface area (Å²) >= 11 is 5.92. The van der Waals surface area contributed by atoms with Crippen LogP contribution in [0.5, 0.6) is 0 Å². The fourth-order valence-corrected chi connectivity index (χ4v) is 3.27. The highest BCUT2D eigenvalue weighted by Gasteiger charge is 2.43. The van der Waals surface area contributed by atoms with Crippen LogP contribution in [0.2, 0.25) is 5.02 Å². The molecule has 0 saturated heterocycles. The van der Waals surface area contributed by atoms with E-state index in [9.17, 15) is 0 Å². The Kier molecular flexibility index (Phi) is 4.98. The minimum Gasteiger partial charge on any atom is -0.391 e. The zero-order valence-corrected chi connectivity index (χ0v) is 15.0. The summed E-state index contributed by atoms with van der Waals surface area (Å²) in [5.41, 5.74) is 4.19. The molecule has 26 heavy (non-hydrogen) atoms. The molecule has 0 radical (unpaired) electrons. The SMILES string of the molecule is Clc1ccc(CO/N=C(\c2ccccn2)C2CC2c2ccccc2)cc1. The fraction of sp³-hybridized carbons (Fsp3) is 0.182. The summed E-state index contributed by atoms with van der Waals surface area (Å²) in [6, 6.07) is 24.1. The minimum absolute atomic E-state index is 0.345. The number of pyridine rings is 1. The molecule has 2 atom stereocenters. The van der Waals surface area contributed by atoms with Gasteiger partial charge in [0, 0.05) is 17.1 Å².